The van der Waals surface area contributed by atoms with Crippen LogP contribution in [0, 0.1) is 22.7 Å². The molecule has 0 saturated carbocycles. The Morgan fingerprint density at radius 3 is 1.30 bits per heavy atom. The number of nitrogens with zero attached hydrogens (tertiary/aromatic N) is 4. The number of thiophene rings is 2. The summed E-state index contributed by atoms with van der Waals surface area (Å²) in [4.78, 5) is 0. The lowest BCUT2D eigenvalue weighted by Gasteiger charge is -2.22. The van der Waals surface area contributed by atoms with Crippen molar-refractivity contribution in [1.29, 1.82) is 10.5 Å². The molecule has 0 bridgehead atoms. The van der Waals surface area contributed by atoms with Crippen LogP contribution in [0.25, 0.3) is 106 Å². The van der Waals surface area contributed by atoms with Gasteiger partial charge in [0.15, 0.2) is 0 Å². The SMILES string of the molecule is N#Cc1cc(C#N)c(-n2c3ccccc3c3c4sc5ccccc5c4ccc32)c(-c2ccccc2)c1-n1c2ccccc2c2c3sc4ccccc4c3ccc21. The Balaban J connectivity index is 1.30. The minimum atomic E-state index is 0.441. The number of hydrogen-bond donors (Lipinski definition) is 0. The Kier molecular flexibility index (Phi) is 6.48. The van der Waals surface area contributed by atoms with Gasteiger partial charge in [-0.25, -0.2) is 0 Å². The van der Waals surface area contributed by atoms with Crippen LogP contribution < -0.4 is 0 Å². The van der Waals surface area contributed by atoms with Crippen LogP contribution in [0.2, 0.25) is 0 Å². The smallest absolute Gasteiger partial charge is 0.101 e. The molecular weight excluding hydrogens is 721 g/mol. The molecule has 4 nitrogen and oxygen atoms in total. The lowest BCUT2D eigenvalue weighted by molar-refractivity contribution is 1.12. The molecule has 6 heteroatoms. The van der Waals surface area contributed by atoms with Crippen LogP contribution in [-0.2, 0) is 0 Å². The monoisotopic (exact) mass is 746 g/mol. The number of rotatable bonds is 3. The van der Waals surface area contributed by atoms with Gasteiger partial charge in [-0.1, -0.05) is 115 Å². The summed E-state index contributed by atoms with van der Waals surface area (Å²) in [7, 11) is 0. The van der Waals surface area contributed by atoms with E-state index in [0.717, 1.165) is 66.1 Å². The Bertz CT molecular complexity index is 3510. The molecule has 0 aliphatic carbocycles. The average molecular weight is 747 g/mol. The first-order valence-corrected chi connectivity index (χ1v) is 20.1. The van der Waals surface area contributed by atoms with Crippen LogP contribution in [0.15, 0.2) is 158 Å². The van der Waals surface area contributed by atoms with Crippen LogP contribution in [0.4, 0.5) is 0 Å². The van der Waals surface area contributed by atoms with Crippen molar-refractivity contribution in [3.8, 4) is 34.6 Å². The Morgan fingerprint density at radius 1 is 0.393 bits per heavy atom. The second-order valence-corrected chi connectivity index (χ2v) is 16.3. The van der Waals surface area contributed by atoms with Gasteiger partial charge in [0, 0.05) is 67.5 Å². The molecule has 56 heavy (non-hydrogen) atoms. The van der Waals surface area contributed by atoms with Gasteiger partial charge in [0.1, 0.15) is 12.1 Å². The number of para-hydroxylation sites is 2. The molecule has 0 aliphatic heterocycles. The van der Waals surface area contributed by atoms with Crippen molar-refractivity contribution in [1.82, 2.24) is 9.13 Å². The molecule has 4 aromatic heterocycles. The van der Waals surface area contributed by atoms with Gasteiger partial charge in [-0.15, -0.1) is 22.7 Å². The summed E-state index contributed by atoms with van der Waals surface area (Å²) >= 11 is 3.63. The quantitative estimate of drug-likeness (QED) is 0.181. The summed E-state index contributed by atoms with van der Waals surface area (Å²) in [5.41, 5.74) is 8.20. The fraction of sp³-hybridized carbons (Fsp3) is 0. The molecule has 12 aromatic rings. The van der Waals surface area contributed by atoms with E-state index in [4.69, 9.17) is 0 Å². The summed E-state index contributed by atoms with van der Waals surface area (Å²) in [5.74, 6) is 0. The van der Waals surface area contributed by atoms with Gasteiger partial charge < -0.3 is 9.13 Å². The third kappa shape index (κ3) is 4.09. The van der Waals surface area contributed by atoms with Crippen LogP contribution in [0.1, 0.15) is 11.1 Å². The van der Waals surface area contributed by atoms with Gasteiger partial charge in [-0.05, 0) is 48.0 Å². The van der Waals surface area contributed by atoms with Crippen molar-refractivity contribution in [3.05, 3.63) is 169 Å². The van der Waals surface area contributed by atoms with Gasteiger partial charge >= 0.3 is 0 Å². The molecule has 0 aliphatic rings. The third-order valence-electron chi connectivity index (χ3n) is 11.4. The molecular formula is C50H26N4S2. The van der Waals surface area contributed by atoms with Crippen LogP contribution in [0.5, 0.6) is 0 Å². The van der Waals surface area contributed by atoms with Gasteiger partial charge in [0.05, 0.1) is 44.6 Å². The zero-order valence-corrected chi connectivity index (χ0v) is 31.2. The van der Waals surface area contributed by atoms with Gasteiger partial charge in [-0.3, -0.25) is 0 Å². The molecule has 0 atom stereocenters. The minimum absolute atomic E-state index is 0.441. The predicted molar refractivity (Wildman–Crippen MR) is 236 cm³/mol. The van der Waals surface area contributed by atoms with Crippen molar-refractivity contribution in [2.45, 2.75) is 0 Å². The summed E-state index contributed by atoms with van der Waals surface area (Å²) in [6, 6.07) is 60.3. The van der Waals surface area contributed by atoms with E-state index in [9.17, 15) is 10.5 Å². The number of hydrogen-bond acceptors (Lipinski definition) is 4. The molecule has 8 aromatic carbocycles. The average Bonchev–Trinajstić information content (AvgIpc) is 4.00. The number of nitriles is 2. The lowest BCUT2D eigenvalue weighted by Crippen LogP contribution is -2.08. The molecule has 0 saturated heterocycles. The van der Waals surface area contributed by atoms with Crippen molar-refractivity contribution < 1.29 is 0 Å². The van der Waals surface area contributed by atoms with E-state index < -0.39 is 0 Å². The summed E-state index contributed by atoms with van der Waals surface area (Å²) in [5, 5.41) is 31.7. The molecule has 0 radical (unpaired) electrons. The minimum Gasteiger partial charge on any atom is -0.307 e. The molecule has 0 unspecified atom stereocenters. The van der Waals surface area contributed by atoms with E-state index in [-0.39, 0.29) is 0 Å². The van der Waals surface area contributed by atoms with E-state index in [0.29, 0.717) is 11.1 Å². The maximum absolute atomic E-state index is 11.1. The highest BCUT2D eigenvalue weighted by Gasteiger charge is 2.28. The number of benzene rings is 8. The number of aromatic nitrogens is 2. The summed E-state index contributed by atoms with van der Waals surface area (Å²) in [6.45, 7) is 0. The highest BCUT2D eigenvalue weighted by Crippen LogP contribution is 2.49. The highest BCUT2D eigenvalue weighted by molar-refractivity contribution is 7.27. The first kappa shape index (κ1) is 31.2. The maximum Gasteiger partial charge on any atom is 0.101 e. The lowest BCUT2D eigenvalue weighted by atomic mass is 9.93. The van der Waals surface area contributed by atoms with E-state index >= 15 is 0 Å². The van der Waals surface area contributed by atoms with Crippen LogP contribution in [-0.4, -0.2) is 9.13 Å². The second kappa shape index (κ2) is 11.6. The van der Waals surface area contributed by atoms with Crippen LogP contribution >= 0.6 is 22.7 Å². The van der Waals surface area contributed by atoms with Crippen LogP contribution in [0.3, 0.4) is 0 Å². The van der Waals surface area contributed by atoms with E-state index in [2.05, 4.69) is 155 Å². The fourth-order valence-corrected chi connectivity index (χ4v) is 11.6. The van der Waals surface area contributed by atoms with Gasteiger partial charge in [-0.2, -0.15) is 10.5 Å². The fourth-order valence-electron chi connectivity index (χ4n) is 9.13. The Labute approximate surface area is 328 Å². The zero-order chi connectivity index (χ0) is 37.1. The first-order valence-electron chi connectivity index (χ1n) is 18.5. The highest BCUT2D eigenvalue weighted by atomic mass is 32.1. The van der Waals surface area contributed by atoms with Crippen molar-refractivity contribution in [2.75, 3.05) is 0 Å². The Hall–Kier alpha value is -7.22. The van der Waals surface area contributed by atoms with E-state index in [1.165, 1.54) is 40.3 Å². The molecule has 12 rings (SSSR count). The van der Waals surface area contributed by atoms with Crippen molar-refractivity contribution in [3.63, 3.8) is 0 Å². The predicted octanol–water partition coefficient (Wildman–Crippen LogP) is 14.0. The zero-order valence-electron chi connectivity index (χ0n) is 29.6. The topological polar surface area (TPSA) is 57.4 Å². The third-order valence-corrected chi connectivity index (χ3v) is 13.8. The molecule has 0 N–H and O–H groups in total. The van der Waals surface area contributed by atoms with Gasteiger partial charge in [0.25, 0.3) is 0 Å². The molecule has 4 heterocycles. The molecule has 258 valence electrons. The normalized spacial score (nSPS) is 11.9. The first-order chi connectivity index (χ1) is 27.7. The summed E-state index contributed by atoms with van der Waals surface area (Å²) < 4.78 is 9.49. The number of fused-ring (bicyclic) bond motifs is 14. The molecule has 0 spiro atoms. The van der Waals surface area contributed by atoms with Crippen molar-refractivity contribution in [2.24, 2.45) is 0 Å². The largest absolute Gasteiger partial charge is 0.307 e. The van der Waals surface area contributed by atoms with Gasteiger partial charge in [0.2, 0.25) is 0 Å². The molecule has 0 amide bonds. The maximum atomic E-state index is 11.1. The standard InChI is InChI=1S/C50H26N4S2/c51-27-30-26-31(28-52)48(54-39-19-9-5-17-37(39)46-41(54)25-23-35-33-15-7-11-21-43(33)56-50(35)46)44(29-12-2-1-3-13-29)47(30)53-38-18-8-4-16-36(38)45-40(53)24-22-34-32-14-6-10-20-42(32)55-49(34)45/h1-26H. The van der Waals surface area contributed by atoms with Crippen molar-refractivity contribution >= 4 is 107 Å². The second-order valence-electron chi connectivity index (χ2n) is 14.2. The van der Waals surface area contributed by atoms with E-state index in [1.54, 1.807) is 6.07 Å². The van der Waals surface area contributed by atoms with E-state index in [1.807, 2.05) is 40.9 Å². The summed E-state index contributed by atoms with van der Waals surface area (Å²) in [6.07, 6.45) is 0. The molecule has 0 fully saturated rings. The Morgan fingerprint density at radius 2 is 0.821 bits per heavy atom.